The van der Waals surface area contributed by atoms with Gasteiger partial charge in [-0.25, -0.2) is 0 Å². The summed E-state index contributed by atoms with van der Waals surface area (Å²) in [6.07, 6.45) is 5.36. The molecule has 3 heteroatoms. The maximum absolute atomic E-state index is 10.7. The van der Waals surface area contributed by atoms with E-state index in [0.717, 1.165) is 19.3 Å². The SMILES string of the molecule is COC(=O)CCCCc1ccc[nH]1. The number of hydrogen-bond acceptors (Lipinski definition) is 2. The Labute approximate surface area is 78.1 Å². The predicted molar refractivity (Wildman–Crippen MR) is 50.4 cm³/mol. The van der Waals surface area contributed by atoms with Crippen molar-refractivity contribution in [2.75, 3.05) is 7.11 Å². The third-order valence-corrected chi connectivity index (χ3v) is 1.97. The molecule has 0 aromatic carbocycles. The zero-order valence-electron chi connectivity index (χ0n) is 7.88. The highest BCUT2D eigenvalue weighted by molar-refractivity contribution is 5.68. The number of aryl methyl sites for hydroxylation is 1. The van der Waals surface area contributed by atoms with Crippen LogP contribution < -0.4 is 0 Å². The van der Waals surface area contributed by atoms with Crippen LogP contribution in [0.15, 0.2) is 18.3 Å². The molecule has 0 aliphatic carbocycles. The quantitative estimate of drug-likeness (QED) is 0.557. The molecule has 0 saturated heterocycles. The summed E-state index contributed by atoms with van der Waals surface area (Å²) in [5, 5.41) is 0. The second kappa shape index (κ2) is 5.41. The lowest BCUT2D eigenvalue weighted by atomic mass is 10.1. The van der Waals surface area contributed by atoms with Crippen molar-refractivity contribution in [3.05, 3.63) is 24.0 Å². The van der Waals surface area contributed by atoms with Crippen molar-refractivity contribution < 1.29 is 9.53 Å². The number of carbonyl (C=O) groups is 1. The van der Waals surface area contributed by atoms with Gasteiger partial charge in [-0.2, -0.15) is 0 Å². The van der Waals surface area contributed by atoms with Crippen molar-refractivity contribution >= 4 is 5.97 Å². The number of unbranched alkanes of at least 4 members (excludes halogenated alkanes) is 1. The van der Waals surface area contributed by atoms with Gasteiger partial charge in [0.1, 0.15) is 0 Å². The van der Waals surface area contributed by atoms with Crippen LogP contribution in [-0.4, -0.2) is 18.1 Å². The number of aromatic amines is 1. The number of esters is 1. The molecule has 13 heavy (non-hydrogen) atoms. The van der Waals surface area contributed by atoms with Crippen molar-refractivity contribution in [2.45, 2.75) is 25.7 Å². The minimum atomic E-state index is -0.119. The Kier molecular flexibility index (Phi) is 4.09. The second-order valence-corrected chi connectivity index (χ2v) is 2.98. The highest BCUT2D eigenvalue weighted by Gasteiger charge is 1.99. The molecule has 1 aromatic rings. The Morgan fingerprint density at radius 1 is 1.54 bits per heavy atom. The molecule has 0 unspecified atom stereocenters. The molecule has 0 aliphatic rings. The molecule has 0 saturated carbocycles. The van der Waals surface area contributed by atoms with Crippen LogP contribution in [0.5, 0.6) is 0 Å². The van der Waals surface area contributed by atoms with Crippen LogP contribution in [0.1, 0.15) is 25.0 Å². The molecule has 0 amide bonds. The van der Waals surface area contributed by atoms with Crippen molar-refractivity contribution in [2.24, 2.45) is 0 Å². The summed E-state index contributed by atoms with van der Waals surface area (Å²) < 4.78 is 4.54. The van der Waals surface area contributed by atoms with Gasteiger partial charge in [-0.15, -0.1) is 0 Å². The molecule has 1 heterocycles. The summed E-state index contributed by atoms with van der Waals surface area (Å²) in [4.78, 5) is 13.9. The van der Waals surface area contributed by atoms with Gasteiger partial charge in [0, 0.05) is 18.3 Å². The van der Waals surface area contributed by atoms with E-state index < -0.39 is 0 Å². The Hall–Kier alpha value is -1.25. The lowest BCUT2D eigenvalue weighted by molar-refractivity contribution is -0.140. The second-order valence-electron chi connectivity index (χ2n) is 2.98. The van der Waals surface area contributed by atoms with Crippen LogP contribution in [0, 0.1) is 0 Å². The fourth-order valence-corrected chi connectivity index (χ4v) is 1.21. The van der Waals surface area contributed by atoms with Gasteiger partial charge in [0.05, 0.1) is 7.11 Å². The van der Waals surface area contributed by atoms with Gasteiger partial charge >= 0.3 is 5.97 Å². The maximum atomic E-state index is 10.7. The van der Waals surface area contributed by atoms with Gasteiger partial charge in [-0.3, -0.25) is 4.79 Å². The van der Waals surface area contributed by atoms with Crippen molar-refractivity contribution in [1.29, 1.82) is 0 Å². The summed E-state index contributed by atoms with van der Waals surface area (Å²) in [5.74, 6) is -0.119. The molecule has 0 bridgehead atoms. The zero-order chi connectivity index (χ0) is 9.52. The molecule has 0 fully saturated rings. The van der Waals surface area contributed by atoms with E-state index in [0.29, 0.717) is 6.42 Å². The van der Waals surface area contributed by atoms with Crippen LogP contribution >= 0.6 is 0 Å². The Bertz CT molecular complexity index is 241. The van der Waals surface area contributed by atoms with Crippen molar-refractivity contribution in [3.8, 4) is 0 Å². The summed E-state index contributed by atoms with van der Waals surface area (Å²) in [6.45, 7) is 0. The Balaban J connectivity index is 2.05. The lowest BCUT2D eigenvalue weighted by Gasteiger charge is -1.98. The van der Waals surface area contributed by atoms with Gasteiger partial charge < -0.3 is 9.72 Å². The lowest BCUT2D eigenvalue weighted by Crippen LogP contribution is -1.99. The van der Waals surface area contributed by atoms with Crippen LogP contribution in [0.4, 0.5) is 0 Å². The molecule has 1 rings (SSSR count). The fraction of sp³-hybridized carbons (Fsp3) is 0.500. The number of methoxy groups -OCH3 is 1. The number of rotatable bonds is 5. The molecule has 1 N–H and O–H groups in total. The molecule has 72 valence electrons. The van der Waals surface area contributed by atoms with Crippen LogP contribution in [0.2, 0.25) is 0 Å². The zero-order valence-corrected chi connectivity index (χ0v) is 7.88. The number of aromatic nitrogens is 1. The largest absolute Gasteiger partial charge is 0.469 e. The van der Waals surface area contributed by atoms with E-state index in [1.807, 2.05) is 12.3 Å². The highest BCUT2D eigenvalue weighted by Crippen LogP contribution is 2.04. The molecular weight excluding hydrogens is 166 g/mol. The molecule has 0 spiro atoms. The summed E-state index contributed by atoms with van der Waals surface area (Å²) in [6, 6.07) is 4.04. The first-order valence-electron chi connectivity index (χ1n) is 4.52. The van der Waals surface area contributed by atoms with Gasteiger partial charge in [0.25, 0.3) is 0 Å². The number of H-pyrrole nitrogens is 1. The number of carbonyl (C=O) groups excluding carboxylic acids is 1. The number of ether oxygens (including phenoxy) is 1. The number of hydrogen-bond donors (Lipinski definition) is 1. The summed E-state index contributed by atoms with van der Waals surface area (Å²) in [5.41, 5.74) is 1.23. The van der Waals surface area contributed by atoms with E-state index in [-0.39, 0.29) is 5.97 Å². The average molecular weight is 181 g/mol. The minimum absolute atomic E-state index is 0.119. The normalized spacial score (nSPS) is 9.92. The minimum Gasteiger partial charge on any atom is -0.469 e. The van der Waals surface area contributed by atoms with E-state index in [1.165, 1.54) is 12.8 Å². The van der Waals surface area contributed by atoms with E-state index in [9.17, 15) is 4.79 Å². The summed E-state index contributed by atoms with van der Waals surface area (Å²) in [7, 11) is 1.42. The Morgan fingerprint density at radius 2 is 2.38 bits per heavy atom. The predicted octanol–water partition coefficient (Wildman–Crippen LogP) is 1.90. The average Bonchev–Trinajstić information content (AvgIpc) is 2.64. The molecule has 0 atom stereocenters. The molecule has 3 nitrogen and oxygen atoms in total. The topological polar surface area (TPSA) is 42.1 Å². The van der Waals surface area contributed by atoms with E-state index in [1.54, 1.807) is 0 Å². The van der Waals surface area contributed by atoms with Gasteiger partial charge in [0.15, 0.2) is 0 Å². The maximum Gasteiger partial charge on any atom is 0.305 e. The van der Waals surface area contributed by atoms with Crippen molar-refractivity contribution in [3.63, 3.8) is 0 Å². The van der Waals surface area contributed by atoms with E-state index in [4.69, 9.17) is 0 Å². The van der Waals surface area contributed by atoms with Crippen LogP contribution in [0.25, 0.3) is 0 Å². The first-order valence-corrected chi connectivity index (χ1v) is 4.52. The van der Waals surface area contributed by atoms with Crippen LogP contribution in [0.3, 0.4) is 0 Å². The van der Waals surface area contributed by atoms with Gasteiger partial charge in [0.2, 0.25) is 0 Å². The highest BCUT2D eigenvalue weighted by atomic mass is 16.5. The molecule has 1 aromatic heterocycles. The molecule has 0 aliphatic heterocycles. The standard InChI is InChI=1S/C10H15NO2/c1-13-10(12)7-3-2-5-9-6-4-8-11-9/h4,6,8,11H,2-3,5,7H2,1H3. The van der Waals surface area contributed by atoms with Crippen molar-refractivity contribution in [1.82, 2.24) is 4.98 Å². The fourth-order valence-electron chi connectivity index (χ4n) is 1.21. The smallest absolute Gasteiger partial charge is 0.305 e. The van der Waals surface area contributed by atoms with Gasteiger partial charge in [-0.05, 0) is 31.4 Å². The first-order chi connectivity index (χ1) is 6.33. The van der Waals surface area contributed by atoms with E-state index >= 15 is 0 Å². The third kappa shape index (κ3) is 3.78. The number of nitrogens with one attached hydrogen (secondary N) is 1. The third-order valence-electron chi connectivity index (χ3n) is 1.97. The molecular formula is C10H15NO2. The van der Waals surface area contributed by atoms with E-state index in [2.05, 4.69) is 15.8 Å². The Morgan fingerprint density at radius 3 is 3.00 bits per heavy atom. The van der Waals surface area contributed by atoms with Gasteiger partial charge in [-0.1, -0.05) is 0 Å². The monoisotopic (exact) mass is 181 g/mol. The van der Waals surface area contributed by atoms with Crippen LogP contribution in [-0.2, 0) is 16.0 Å². The first kappa shape index (κ1) is 9.84. The molecule has 0 radical (unpaired) electrons. The summed E-state index contributed by atoms with van der Waals surface area (Å²) >= 11 is 0.